The highest BCUT2D eigenvalue weighted by Gasteiger charge is 2.16. The third-order valence-corrected chi connectivity index (χ3v) is 5.04. The Morgan fingerprint density at radius 1 is 0.806 bits per heavy atom. The van der Waals surface area contributed by atoms with Gasteiger partial charge >= 0.3 is 6.09 Å². The smallest absolute Gasteiger partial charge is 0.407 e. The second-order valence-electron chi connectivity index (χ2n) is 9.31. The van der Waals surface area contributed by atoms with Gasteiger partial charge in [-0.3, -0.25) is 0 Å². The van der Waals surface area contributed by atoms with E-state index in [1.807, 2.05) is 81.4 Å². The number of carbonyl (C=O) groups is 1. The normalized spacial score (nSPS) is 12.5. The maximum atomic E-state index is 14.5. The highest BCUT2D eigenvalue weighted by atomic mass is 19.1. The zero-order valence-corrected chi connectivity index (χ0v) is 21.7. The number of alkyl halides is 1. The fraction of sp³-hybridized carbons (Fsp3) is 0.536. The average Bonchev–Trinajstić information content (AvgIpc) is 2.85. The lowest BCUT2D eigenvalue weighted by molar-refractivity contribution is 0.0109. The summed E-state index contributed by atoms with van der Waals surface area (Å²) in [5.41, 5.74) is 1.69. The van der Waals surface area contributed by atoms with Crippen LogP contribution in [0.5, 0.6) is 0 Å². The number of hydrogen-bond acceptors (Lipinski definition) is 6. The molecule has 2 rings (SSSR count). The quantitative estimate of drug-likeness (QED) is 0.305. The van der Waals surface area contributed by atoms with Crippen molar-refractivity contribution in [1.29, 1.82) is 0 Å². The molecule has 0 fully saturated rings. The fourth-order valence-electron chi connectivity index (χ4n) is 3.36. The molecule has 0 bridgehead atoms. The molecule has 7 nitrogen and oxygen atoms in total. The molecule has 2 aromatic carbocycles. The summed E-state index contributed by atoms with van der Waals surface area (Å²) in [6, 6.07) is 20.1. The Labute approximate surface area is 214 Å². The van der Waals surface area contributed by atoms with Crippen molar-refractivity contribution in [2.24, 2.45) is 0 Å². The van der Waals surface area contributed by atoms with Crippen LogP contribution in [0.15, 0.2) is 60.7 Å². The van der Waals surface area contributed by atoms with Crippen LogP contribution in [0.4, 0.5) is 9.18 Å². The van der Waals surface area contributed by atoms with Gasteiger partial charge in [-0.2, -0.15) is 0 Å². The highest BCUT2D eigenvalue weighted by Crippen LogP contribution is 2.21. The monoisotopic (exact) mass is 504 g/mol. The predicted octanol–water partition coefficient (Wildman–Crippen LogP) is 4.67. The minimum atomic E-state index is -1.01. The average molecular weight is 505 g/mol. The first-order valence-corrected chi connectivity index (χ1v) is 12.5. The lowest BCUT2D eigenvalue weighted by Gasteiger charge is -2.21. The summed E-state index contributed by atoms with van der Waals surface area (Å²) in [5.74, 6) is 0. The van der Waals surface area contributed by atoms with E-state index in [9.17, 15) is 9.18 Å². The van der Waals surface area contributed by atoms with Crippen molar-refractivity contribution in [3.63, 3.8) is 0 Å². The van der Waals surface area contributed by atoms with E-state index in [0.29, 0.717) is 52.6 Å². The number of benzene rings is 2. The maximum absolute atomic E-state index is 14.5. The second kappa shape index (κ2) is 17.0. The minimum Gasteiger partial charge on any atom is -0.444 e. The Hall–Kier alpha value is -2.52. The van der Waals surface area contributed by atoms with Crippen molar-refractivity contribution in [3.05, 3.63) is 71.8 Å². The van der Waals surface area contributed by atoms with Gasteiger partial charge in [-0.15, -0.1) is 0 Å². The number of rotatable bonds is 17. The van der Waals surface area contributed by atoms with Crippen molar-refractivity contribution >= 4 is 6.09 Å². The van der Waals surface area contributed by atoms with Gasteiger partial charge in [-0.1, -0.05) is 60.7 Å². The third kappa shape index (κ3) is 13.5. The molecule has 0 aliphatic heterocycles. The Bertz CT molecular complexity index is 793. The number of amides is 1. The van der Waals surface area contributed by atoms with E-state index in [2.05, 4.69) is 10.6 Å². The molecule has 1 unspecified atom stereocenters. The van der Waals surface area contributed by atoms with Crippen LogP contribution in [-0.4, -0.2) is 70.6 Å². The van der Waals surface area contributed by atoms with Gasteiger partial charge in [-0.25, -0.2) is 9.18 Å². The topological polar surface area (TPSA) is 78.1 Å². The number of alkyl carbamates (subject to hydrolysis) is 1. The molecule has 200 valence electrons. The molecule has 1 amide bonds. The summed E-state index contributed by atoms with van der Waals surface area (Å²) >= 11 is 0. The molecule has 2 N–H and O–H groups in total. The van der Waals surface area contributed by atoms with Crippen LogP contribution in [0.2, 0.25) is 0 Å². The Morgan fingerprint density at radius 2 is 1.31 bits per heavy atom. The first-order chi connectivity index (χ1) is 17.3. The molecule has 2 aromatic rings. The molecule has 1 atom stereocenters. The second-order valence-corrected chi connectivity index (χ2v) is 9.31. The number of hydrogen-bond donors (Lipinski definition) is 2. The van der Waals surface area contributed by atoms with Crippen LogP contribution >= 0.6 is 0 Å². The van der Waals surface area contributed by atoms with Crippen LogP contribution in [-0.2, 0) is 18.9 Å². The van der Waals surface area contributed by atoms with Gasteiger partial charge in [0, 0.05) is 26.1 Å². The van der Waals surface area contributed by atoms with Crippen molar-refractivity contribution in [2.45, 2.75) is 45.0 Å². The van der Waals surface area contributed by atoms with Crippen molar-refractivity contribution in [2.75, 3.05) is 52.7 Å². The SMILES string of the molecule is CC(C)(C)OC(=O)NCCOCCOCCOCCC(F)CNC(c1ccccc1)c1ccccc1. The molecule has 0 saturated heterocycles. The summed E-state index contributed by atoms with van der Waals surface area (Å²) in [4.78, 5) is 11.5. The Kier molecular flexibility index (Phi) is 14.1. The van der Waals surface area contributed by atoms with E-state index in [0.717, 1.165) is 11.1 Å². The molecule has 0 aliphatic carbocycles. The minimum absolute atomic E-state index is 0.0599. The van der Waals surface area contributed by atoms with E-state index < -0.39 is 17.9 Å². The van der Waals surface area contributed by atoms with Gasteiger partial charge in [0.15, 0.2) is 0 Å². The summed E-state index contributed by atoms with van der Waals surface area (Å²) in [6.45, 7) is 8.41. The molecular weight excluding hydrogens is 463 g/mol. The molecular formula is C28H41FN2O5. The van der Waals surface area contributed by atoms with Crippen LogP contribution in [0.3, 0.4) is 0 Å². The van der Waals surface area contributed by atoms with Crippen LogP contribution < -0.4 is 10.6 Å². The lowest BCUT2D eigenvalue weighted by atomic mass is 9.98. The highest BCUT2D eigenvalue weighted by molar-refractivity contribution is 5.67. The molecule has 0 heterocycles. The van der Waals surface area contributed by atoms with E-state index in [-0.39, 0.29) is 12.6 Å². The van der Waals surface area contributed by atoms with Gasteiger partial charge in [-0.05, 0) is 31.9 Å². The molecule has 0 aliphatic rings. The first-order valence-electron chi connectivity index (χ1n) is 12.5. The van der Waals surface area contributed by atoms with E-state index >= 15 is 0 Å². The molecule has 36 heavy (non-hydrogen) atoms. The molecule has 0 aromatic heterocycles. The van der Waals surface area contributed by atoms with Crippen LogP contribution in [0.1, 0.15) is 44.4 Å². The zero-order chi connectivity index (χ0) is 26.1. The number of halogens is 1. The summed E-state index contributed by atoms with van der Waals surface area (Å²) in [5, 5.41) is 5.98. The third-order valence-electron chi connectivity index (χ3n) is 5.04. The lowest BCUT2D eigenvalue weighted by Crippen LogP contribution is -2.34. The van der Waals surface area contributed by atoms with Gasteiger partial charge in [0.05, 0.1) is 39.1 Å². The van der Waals surface area contributed by atoms with Crippen LogP contribution in [0, 0.1) is 0 Å². The Morgan fingerprint density at radius 3 is 1.83 bits per heavy atom. The van der Waals surface area contributed by atoms with Gasteiger partial charge < -0.3 is 29.6 Å². The first kappa shape index (κ1) is 29.7. The van der Waals surface area contributed by atoms with Crippen molar-refractivity contribution in [1.82, 2.24) is 10.6 Å². The van der Waals surface area contributed by atoms with Gasteiger partial charge in [0.1, 0.15) is 11.8 Å². The standard InChI is InChI=1S/C28H41FN2O5/c1-28(2,3)36-27(32)30-15-17-34-19-21-35-20-18-33-16-14-25(29)22-31-26(23-10-6-4-7-11-23)24-12-8-5-9-13-24/h4-13,25-26,31H,14-22H2,1-3H3,(H,30,32). The molecule has 0 saturated carbocycles. The largest absolute Gasteiger partial charge is 0.444 e. The molecule has 0 spiro atoms. The van der Waals surface area contributed by atoms with Crippen molar-refractivity contribution in [3.8, 4) is 0 Å². The van der Waals surface area contributed by atoms with E-state index in [4.69, 9.17) is 18.9 Å². The summed E-state index contributed by atoms with van der Waals surface area (Å²) in [7, 11) is 0. The van der Waals surface area contributed by atoms with E-state index in [1.54, 1.807) is 0 Å². The van der Waals surface area contributed by atoms with E-state index in [1.165, 1.54) is 0 Å². The maximum Gasteiger partial charge on any atom is 0.407 e. The Balaban J connectivity index is 1.48. The number of ether oxygens (including phenoxy) is 4. The number of nitrogens with one attached hydrogen (secondary N) is 2. The fourth-order valence-corrected chi connectivity index (χ4v) is 3.36. The van der Waals surface area contributed by atoms with Gasteiger partial charge in [0.25, 0.3) is 0 Å². The van der Waals surface area contributed by atoms with Crippen molar-refractivity contribution < 1.29 is 28.1 Å². The van der Waals surface area contributed by atoms with Gasteiger partial charge in [0.2, 0.25) is 0 Å². The van der Waals surface area contributed by atoms with Crippen LogP contribution in [0.25, 0.3) is 0 Å². The summed E-state index contributed by atoms with van der Waals surface area (Å²) < 4.78 is 35.9. The summed E-state index contributed by atoms with van der Waals surface area (Å²) in [6.07, 6.45) is -1.15. The number of carbonyl (C=O) groups excluding carboxylic acids is 1. The molecule has 8 heteroatoms. The molecule has 0 radical (unpaired) electrons. The zero-order valence-electron chi connectivity index (χ0n) is 21.7. The predicted molar refractivity (Wildman–Crippen MR) is 139 cm³/mol.